The van der Waals surface area contributed by atoms with Crippen LogP contribution in [0.1, 0.15) is 95.1 Å². The Morgan fingerprint density at radius 3 is 1.57 bits per heavy atom. The molecule has 0 unspecified atom stereocenters. The third-order valence-electron chi connectivity index (χ3n) is 18.5. The van der Waals surface area contributed by atoms with Crippen LogP contribution >= 0.6 is 0 Å². The zero-order valence-corrected chi connectivity index (χ0v) is 59.7. The van der Waals surface area contributed by atoms with Gasteiger partial charge in [0.2, 0.25) is 35.4 Å². The van der Waals surface area contributed by atoms with Crippen molar-refractivity contribution >= 4 is 98.6 Å². The summed E-state index contributed by atoms with van der Waals surface area (Å²) in [6, 6.07) is 18.6. The number of carbonyl (C=O) groups excluding carboxylic acids is 8. The molecular weight excluding hydrogens is 1360 g/mol. The lowest BCUT2D eigenvalue weighted by Crippen LogP contribution is -2.52. The normalized spacial score (nSPS) is 16.8. The molecular formula is C73H102N12O20. The number of nitrogens with one attached hydrogen (secondary N) is 8. The van der Waals surface area contributed by atoms with Crippen LogP contribution in [0, 0.1) is 11.8 Å². The summed E-state index contributed by atoms with van der Waals surface area (Å²) >= 11 is 0. The number of nitrogens with zero attached hydrogens (tertiary/aromatic N) is 4. The van der Waals surface area contributed by atoms with Gasteiger partial charge in [-0.05, 0) is 141 Å². The third kappa shape index (κ3) is 31.1. The van der Waals surface area contributed by atoms with E-state index in [2.05, 4.69) is 48.6 Å². The maximum absolute atomic E-state index is 14.4. The van der Waals surface area contributed by atoms with Crippen LogP contribution < -0.4 is 47.3 Å². The van der Waals surface area contributed by atoms with E-state index in [1.165, 1.54) is 6.92 Å². The molecule has 0 spiro atoms. The number of aliphatic carboxylic acids is 5. The summed E-state index contributed by atoms with van der Waals surface area (Å²) in [5.74, 6) is -8.92. The third-order valence-corrected chi connectivity index (χ3v) is 18.5. The van der Waals surface area contributed by atoms with E-state index in [0.29, 0.717) is 96.4 Å². The zero-order valence-electron chi connectivity index (χ0n) is 59.7. The number of carboxylic acid groups (broad SMARTS) is 5. The van der Waals surface area contributed by atoms with Crippen LogP contribution in [0.4, 0.5) is 4.79 Å². The first-order valence-corrected chi connectivity index (χ1v) is 35.7. The van der Waals surface area contributed by atoms with Crippen molar-refractivity contribution in [1.29, 1.82) is 0 Å². The van der Waals surface area contributed by atoms with Crippen molar-refractivity contribution in [1.82, 2.24) is 62.1 Å². The molecule has 2 fully saturated rings. The van der Waals surface area contributed by atoms with Crippen LogP contribution in [0.25, 0.3) is 21.5 Å². The lowest BCUT2D eigenvalue weighted by atomic mass is 9.81. The van der Waals surface area contributed by atoms with Crippen LogP contribution in [0.3, 0.4) is 0 Å². The highest BCUT2D eigenvalue weighted by molar-refractivity contribution is 6.03. The lowest BCUT2D eigenvalue weighted by molar-refractivity contribution is -0.146. The molecule has 4 atom stereocenters. The minimum Gasteiger partial charge on any atom is -0.497 e. The molecule has 1 aliphatic carbocycles. The first-order valence-electron chi connectivity index (χ1n) is 35.7. The second-order valence-electron chi connectivity index (χ2n) is 26.7. The Balaban J connectivity index is 1.05. The van der Waals surface area contributed by atoms with Gasteiger partial charge in [-0.3, -0.25) is 62.8 Å². The van der Waals surface area contributed by atoms with Gasteiger partial charge >= 0.3 is 35.9 Å². The number of carboxylic acids is 5. The highest BCUT2D eigenvalue weighted by Gasteiger charge is 2.33. The van der Waals surface area contributed by atoms with Crippen molar-refractivity contribution in [3.05, 3.63) is 90.0 Å². The average molecular weight is 1470 g/mol. The van der Waals surface area contributed by atoms with Crippen LogP contribution in [-0.4, -0.2) is 271 Å². The molecule has 4 aromatic rings. The predicted octanol–water partition coefficient (Wildman–Crippen LogP) is 1.43. The fourth-order valence-electron chi connectivity index (χ4n) is 12.8. The molecule has 6 rings (SSSR count). The summed E-state index contributed by atoms with van der Waals surface area (Å²) in [6.45, 7) is 2.11. The summed E-state index contributed by atoms with van der Waals surface area (Å²) in [4.78, 5) is 173. The first-order chi connectivity index (χ1) is 50.3. The van der Waals surface area contributed by atoms with Gasteiger partial charge in [-0.15, -0.1) is 0 Å². The second kappa shape index (κ2) is 44.7. The van der Waals surface area contributed by atoms with Gasteiger partial charge in [0.15, 0.2) is 6.04 Å². The number of carbonyl (C=O) groups is 13. The fraction of sp³-hybridized carbons (Fsp3) is 0.548. The van der Waals surface area contributed by atoms with Crippen molar-refractivity contribution in [3.8, 4) is 5.75 Å². The second-order valence-corrected chi connectivity index (χ2v) is 26.7. The van der Waals surface area contributed by atoms with E-state index in [9.17, 15) is 82.8 Å². The van der Waals surface area contributed by atoms with Crippen LogP contribution in [0.15, 0.2) is 78.9 Å². The van der Waals surface area contributed by atoms with Gasteiger partial charge in [-0.25, -0.2) is 19.2 Å². The Morgan fingerprint density at radius 2 is 1.03 bits per heavy atom. The minimum absolute atomic E-state index is 0.0525. The van der Waals surface area contributed by atoms with E-state index >= 15 is 0 Å². The van der Waals surface area contributed by atoms with Crippen molar-refractivity contribution in [3.63, 3.8) is 0 Å². The number of hydrogen-bond acceptors (Lipinski definition) is 19. The Morgan fingerprint density at radius 1 is 0.505 bits per heavy atom. The molecule has 8 amide bonds. The molecule has 32 nitrogen and oxygen atoms in total. The fourth-order valence-corrected chi connectivity index (χ4v) is 12.8. The minimum atomic E-state index is -1.68. The number of benzene rings is 4. The molecule has 13 N–H and O–H groups in total. The van der Waals surface area contributed by atoms with Gasteiger partial charge < -0.3 is 77.5 Å². The molecule has 0 aromatic heterocycles. The topological polar surface area (TPSA) is 451 Å². The highest BCUT2D eigenvalue weighted by Crippen LogP contribution is 2.32. The number of Topliss-reactive ketones (excluding diaryl/α,β-unsaturated/α-hetero) is 1. The van der Waals surface area contributed by atoms with E-state index in [-0.39, 0.29) is 133 Å². The molecule has 574 valence electrons. The number of ether oxygens (including phenoxy) is 2. The summed E-state index contributed by atoms with van der Waals surface area (Å²) in [6.07, 6.45) is 4.50. The largest absolute Gasteiger partial charge is 0.497 e. The summed E-state index contributed by atoms with van der Waals surface area (Å²) in [5.41, 5.74) is 1.84. The van der Waals surface area contributed by atoms with Gasteiger partial charge in [0.1, 0.15) is 36.3 Å². The smallest absolute Gasteiger partial charge is 0.329 e. The molecule has 105 heavy (non-hydrogen) atoms. The molecule has 0 bridgehead atoms. The molecule has 1 saturated carbocycles. The molecule has 2 aliphatic rings. The standard InChI is InChI=1S/C73H102N12O20/c1-48(86)42-82-30-34-84(44-65(90)91)36-32-83(33-37-85(35-31-82)45-66(92)93)43-64(89)74-28-9-7-17-58(78-63(88)41-76-62(87)19-11-12-49-22-26-54(104-2)27-23-49)69(97)77-40-50-20-24-51(25-21-50)68(96)79-60(39-57-55-15-5-3-13-52(55)38-53-14-4-6-16-56(53)57)70(98)75-29-10-8-18-59(71(99)100)80-73(103)81-61(72(101)102)46-105-47-67(94)95/h3-6,13-16,22-23,26-27,38,50-51,58-61H,7-12,17-21,24-25,28-37,39-47H2,1-2H3,(H,74,89)(H,75,98)(H,76,87)(H,77,97)(H,78,88)(H,79,96)(H,90,91)(H,92,93)(H,94,95)(H,99,100)(H,101,102)(H2,80,81,103)/t50?,51?,58-,59-,60-,61-/m0/s1. The van der Waals surface area contributed by atoms with Gasteiger partial charge in [0, 0.05) is 90.8 Å². The average Bonchev–Trinajstić information content (AvgIpc) is 0.773. The predicted molar refractivity (Wildman–Crippen MR) is 385 cm³/mol. The van der Waals surface area contributed by atoms with E-state index in [1.54, 1.807) is 16.9 Å². The Kier molecular flexibility index (Phi) is 35.8. The van der Waals surface area contributed by atoms with Gasteiger partial charge in [-0.2, -0.15) is 0 Å². The number of methoxy groups -OCH3 is 1. The molecule has 0 radical (unpaired) electrons. The molecule has 1 heterocycles. The Bertz CT molecular complexity index is 3510. The van der Waals surface area contributed by atoms with Crippen molar-refractivity contribution in [2.24, 2.45) is 11.8 Å². The number of aryl methyl sites for hydroxylation is 1. The molecule has 32 heteroatoms. The summed E-state index contributed by atoms with van der Waals surface area (Å²) in [5, 5.41) is 72.7. The highest BCUT2D eigenvalue weighted by atomic mass is 16.5. The van der Waals surface area contributed by atoms with Crippen molar-refractivity contribution in [2.45, 2.75) is 121 Å². The maximum Gasteiger partial charge on any atom is 0.329 e. The molecule has 4 aromatic carbocycles. The number of fused-ring (bicyclic) bond motifs is 2. The van der Waals surface area contributed by atoms with Crippen molar-refractivity contribution < 1.29 is 97.3 Å². The number of ketones is 1. The van der Waals surface area contributed by atoms with Crippen LogP contribution in [0.5, 0.6) is 5.75 Å². The molecule has 1 aliphatic heterocycles. The Hall–Kier alpha value is -9.89. The Labute approximate surface area is 609 Å². The summed E-state index contributed by atoms with van der Waals surface area (Å²) in [7, 11) is 1.57. The van der Waals surface area contributed by atoms with Crippen LogP contribution in [-0.2, 0) is 75.1 Å². The van der Waals surface area contributed by atoms with E-state index in [4.69, 9.17) is 14.6 Å². The monoisotopic (exact) mass is 1470 g/mol. The number of urea groups is 1. The van der Waals surface area contributed by atoms with Gasteiger partial charge in [-0.1, -0.05) is 60.7 Å². The molecule has 1 saturated heterocycles. The quantitative estimate of drug-likeness (QED) is 0.0220. The number of hydrogen-bond donors (Lipinski definition) is 13. The SMILES string of the molecule is COc1ccc(CCCC(=O)NCC(=O)N[C@@H](CCCCNC(=O)CN2CCN(CC(=O)O)CCN(CC(C)=O)CCN(CC(=O)O)CC2)C(=O)NCC2CCC(C(=O)N[C@@H](Cc3c4ccccc4cc4ccccc34)C(=O)NCCCC[C@H](NC(=O)N[C@@H](COCC(=O)O)C(=O)O)C(=O)O)CC2)cc1. The number of rotatable bonds is 42. The van der Waals surface area contributed by atoms with Gasteiger partial charge in [0.05, 0.1) is 46.4 Å². The zero-order chi connectivity index (χ0) is 76.2. The van der Waals surface area contributed by atoms with E-state index in [0.717, 1.165) is 32.7 Å². The maximum atomic E-state index is 14.4. The number of unbranched alkanes of at least 4 members (excludes halogenated alkanes) is 2. The van der Waals surface area contributed by atoms with E-state index < -0.39 is 96.9 Å². The first kappa shape index (κ1) is 84.1. The van der Waals surface area contributed by atoms with Crippen molar-refractivity contribution in [2.75, 3.05) is 125 Å². The van der Waals surface area contributed by atoms with Crippen LogP contribution in [0.2, 0.25) is 0 Å². The summed E-state index contributed by atoms with van der Waals surface area (Å²) < 4.78 is 10.0. The van der Waals surface area contributed by atoms with Gasteiger partial charge in [0.25, 0.3) is 0 Å². The number of amides is 8. The van der Waals surface area contributed by atoms with E-state index in [1.807, 2.05) is 82.6 Å². The lowest BCUT2D eigenvalue weighted by Gasteiger charge is -2.33.